The van der Waals surface area contributed by atoms with Crippen molar-refractivity contribution < 1.29 is 0 Å². The molecule has 7 rings (SSSR count). The van der Waals surface area contributed by atoms with Crippen LogP contribution in [0.4, 0.5) is 0 Å². The first-order valence-electron chi connectivity index (χ1n) is 11.1. The second kappa shape index (κ2) is 7.81. The van der Waals surface area contributed by atoms with Crippen molar-refractivity contribution in [3.63, 3.8) is 0 Å². The van der Waals surface area contributed by atoms with E-state index in [1.165, 1.54) is 58.8 Å². The predicted molar refractivity (Wildman–Crippen MR) is 155 cm³/mol. The van der Waals surface area contributed by atoms with Gasteiger partial charge in [0.15, 0.2) is 0 Å². The van der Waals surface area contributed by atoms with Gasteiger partial charge >= 0.3 is 0 Å². The van der Waals surface area contributed by atoms with Gasteiger partial charge < -0.3 is 4.57 Å². The maximum absolute atomic E-state index is 3.77. The van der Waals surface area contributed by atoms with E-state index < -0.39 is 0 Å². The molecule has 0 spiro atoms. The Morgan fingerprint density at radius 2 is 1.32 bits per heavy atom. The van der Waals surface area contributed by atoms with Gasteiger partial charge in [-0.3, -0.25) is 0 Å². The maximum atomic E-state index is 3.77. The average Bonchev–Trinajstić information content (AvgIpc) is 3.40. The molecule has 0 N–H and O–H groups in total. The Labute approximate surface area is 217 Å². The van der Waals surface area contributed by atoms with Crippen LogP contribution in [0.1, 0.15) is 0 Å². The Hall–Kier alpha value is -2.92. The molecule has 1 nitrogen and oxygen atoms in total. The van der Waals surface area contributed by atoms with Crippen molar-refractivity contribution in [2.45, 2.75) is 0 Å². The highest BCUT2D eigenvalue weighted by molar-refractivity contribution is 9.11. The summed E-state index contributed by atoms with van der Waals surface area (Å²) < 4.78 is 7.20. The number of hydrogen-bond donors (Lipinski definition) is 0. The number of para-hydroxylation sites is 2. The molecule has 0 atom stereocenters. The molecule has 0 fully saturated rings. The lowest BCUT2D eigenvalue weighted by molar-refractivity contribution is 1.18. The largest absolute Gasteiger partial charge is 0.309 e. The minimum absolute atomic E-state index is 1.09. The molecule has 0 aliphatic carbocycles. The average molecular weight is 583 g/mol. The predicted octanol–water partition coefficient (Wildman–Crippen LogP) is 10.3. The summed E-state index contributed by atoms with van der Waals surface area (Å²) in [7, 11) is 0. The zero-order chi connectivity index (χ0) is 22.8. The highest BCUT2D eigenvalue weighted by atomic mass is 79.9. The number of aromatic nitrogens is 1. The Kier molecular flexibility index (Phi) is 4.70. The molecule has 0 aliphatic heterocycles. The molecule has 0 radical (unpaired) electrons. The van der Waals surface area contributed by atoms with Gasteiger partial charge in [-0.1, -0.05) is 82.7 Å². The molecule has 0 saturated carbocycles. The monoisotopic (exact) mass is 581 g/mol. The molecular formula is C30H17Br2NS. The zero-order valence-electron chi connectivity index (χ0n) is 17.9. The topological polar surface area (TPSA) is 4.93 Å². The van der Waals surface area contributed by atoms with Crippen LogP contribution in [0.25, 0.3) is 58.8 Å². The van der Waals surface area contributed by atoms with Crippen molar-refractivity contribution in [1.29, 1.82) is 0 Å². The number of rotatable bonds is 2. The quantitative estimate of drug-likeness (QED) is 0.191. The molecule has 0 saturated heterocycles. The highest BCUT2D eigenvalue weighted by Crippen LogP contribution is 2.44. The molecule has 2 heterocycles. The van der Waals surface area contributed by atoms with Gasteiger partial charge in [0, 0.05) is 45.6 Å². The third kappa shape index (κ3) is 3.02. The molecule has 2 aromatic heterocycles. The molecule has 0 amide bonds. The van der Waals surface area contributed by atoms with E-state index in [1.807, 2.05) is 11.3 Å². The Balaban J connectivity index is 1.55. The summed E-state index contributed by atoms with van der Waals surface area (Å²) >= 11 is 9.29. The molecule has 5 aromatic carbocycles. The van der Waals surface area contributed by atoms with Crippen molar-refractivity contribution in [1.82, 2.24) is 4.57 Å². The van der Waals surface area contributed by atoms with Crippen LogP contribution >= 0.6 is 43.2 Å². The van der Waals surface area contributed by atoms with Crippen molar-refractivity contribution in [3.8, 4) is 16.8 Å². The zero-order valence-corrected chi connectivity index (χ0v) is 21.9. The molecule has 162 valence electrons. The summed E-state index contributed by atoms with van der Waals surface area (Å²) in [6, 6.07) is 37.2. The Morgan fingerprint density at radius 1 is 0.559 bits per heavy atom. The van der Waals surface area contributed by atoms with Crippen LogP contribution in [0.3, 0.4) is 0 Å². The Bertz CT molecular complexity index is 1880. The molecule has 7 aromatic rings. The molecule has 0 aliphatic rings. The van der Waals surface area contributed by atoms with E-state index in [1.54, 1.807) is 0 Å². The van der Waals surface area contributed by atoms with Gasteiger partial charge in [-0.2, -0.15) is 0 Å². The van der Waals surface area contributed by atoms with Crippen LogP contribution in [0.5, 0.6) is 0 Å². The number of fused-ring (bicyclic) bond motifs is 6. The maximum Gasteiger partial charge on any atom is 0.0547 e. The first-order valence-corrected chi connectivity index (χ1v) is 13.5. The van der Waals surface area contributed by atoms with E-state index >= 15 is 0 Å². The number of halogens is 2. The number of thiophene rings is 1. The second-order valence-corrected chi connectivity index (χ2v) is 11.3. The summed E-state index contributed by atoms with van der Waals surface area (Å²) in [6.07, 6.45) is 0. The van der Waals surface area contributed by atoms with E-state index in [0.717, 1.165) is 8.95 Å². The summed E-state index contributed by atoms with van der Waals surface area (Å²) in [6.45, 7) is 0. The van der Waals surface area contributed by atoms with Crippen LogP contribution in [0.15, 0.2) is 112 Å². The fraction of sp³-hybridized carbons (Fsp3) is 0. The van der Waals surface area contributed by atoms with Crippen molar-refractivity contribution in [2.75, 3.05) is 0 Å². The van der Waals surface area contributed by atoms with E-state index in [2.05, 4.69) is 140 Å². The lowest BCUT2D eigenvalue weighted by atomic mass is 10.0. The van der Waals surface area contributed by atoms with Gasteiger partial charge in [0.1, 0.15) is 0 Å². The van der Waals surface area contributed by atoms with Crippen LogP contribution in [-0.2, 0) is 0 Å². The van der Waals surface area contributed by atoms with Crippen LogP contribution in [0.2, 0.25) is 0 Å². The van der Waals surface area contributed by atoms with Crippen LogP contribution in [-0.4, -0.2) is 4.57 Å². The number of hydrogen-bond acceptors (Lipinski definition) is 1. The summed E-state index contributed by atoms with van der Waals surface area (Å²) in [5, 5.41) is 5.13. The fourth-order valence-corrected chi connectivity index (χ4v) is 7.74. The van der Waals surface area contributed by atoms with Gasteiger partial charge in [0.25, 0.3) is 0 Å². The van der Waals surface area contributed by atoms with E-state index in [9.17, 15) is 0 Å². The van der Waals surface area contributed by atoms with Gasteiger partial charge in [-0.25, -0.2) is 0 Å². The smallest absolute Gasteiger partial charge is 0.0547 e. The molecule has 0 unspecified atom stereocenters. The van der Waals surface area contributed by atoms with E-state index in [0.29, 0.717) is 0 Å². The van der Waals surface area contributed by atoms with Gasteiger partial charge in [0.2, 0.25) is 0 Å². The number of benzene rings is 5. The standard InChI is InChI=1S/C30H17Br2NS/c31-19-16-25-24-11-6-10-21(29(24)34-30(25)26(32)17-19)18-13-14-23-22-9-4-5-12-27(22)33(28(23)15-18)20-7-2-1-3-8-20/h1-17H. The first kappa shape index (κ1) is 20.5. The normalized spacial score (nSPS) is 11.8. The summed E-state index contributed by atoms with van der Waals surface area (Å²) in [5.74, 6) is 0. The van der Waals surface area contributed by atoms with Gasteiger partial charge in [-0.05, 0) is 63.5 Å². The molecule has 4 heteroatoms. The highest BCUT2D eigenvalue weighted by Gasteiger charge is 2.16. The molecule has 0 bridgehead atoms. The Morgan fingerprint density at radius 3 is 2.21 bits per heavy atom. The SMILES string of the molecule is Brc1cc(Br)c2sc3c(-c4ccc5c6ccccc6n(-c6ccccc6)c5c4)cccc3c2c1. The van der Waals surface area contributed by atoms with Crippen molar-refractivity contribution >= 4 is 85.2 Å². The summed E-state index contributed by atoms with van der Waals surface area (Å²) in [4.78, 5) is 0. The van der Waals surface area contributed by atoms with Crippen molar-refractivity contribution in [3.05, 3.63) is 112 Å². The van der Waals surface area contributed by atoms with Crippen LogP contribution in [0, 0.1) is 0 Å². The fourth-order valence-electron chi connectivity index (χ4n) is 5.05. The third-order valence-corrected chi connectivity index (χ3v) is 9.15. The third-order valence-electron chi connectivity index (χ3n) is 6.52. The first-order chi connectivity index (χ1) is 16.7. The molecule has 34 heavy (non-hydrogen) atoms. The minimum Gasteiger partial charge on any atom is -0.309 e. The minimum atomic E-state index is 1.09. The number of nitrogens with zero attached hydrogens (tertiary/aromatic N) is 1. The van der Waals surface area contributed by atoms with E-state index in [-0.39, 0.29) is 0 Å². The van der Waals surface area contributed by atoms with Gasteiger partial charge in [-0.15, -0.1) is 11.3 Å². The van der Waals surface area contributed by atoms with E-state index in [4.69, 9.17) is 0 Å². The van der Waals surface area contributed by atoms with Gasteiger partial charge in [0.05, 0.1) is 11.0 Å². The second-order valence-electron chi connectivity index (χ2n) is 8.47. The lowest BCUT2D eigenvalue weighted by Gasteiger charge is -2.09. The van der Waals surface area contributed by atoms with Crippen LogP contribution < -0.4 is 0 Å². The molecular weight excluding hydrogens is 566 g/mol. The van der Waals surface area contributed by atoms with Crippen molar-refractivity contribution in [2.24, 2.45) is 0 Å². The summed E-state index contributed by atoms with van der Waals surface area (Å²) in [5.41, 5.74) is 6.15. The lowest BCUT2D eigenvalue weighted by Crippen LogP contribution is -1.93.